The van der Waals surface area contributed by atoms with Gasteiger partial charge in [0.15, 0.2) is 5.78 Å². The Balaban J connectivity index is 0. The Hall–Kier alpha value is -5.08. The van der Waals surface area contributed by atoms with Gasteiger partial charge in [0.05, 0.1) is 85.2 Å². The van der Waals surface area contributed by atoms with Gasteiger partial charge in [-0.25, -0.2) is 0 Å². The number of benzene rings is 7. The van der Waals surface area contributed by atoms with E-state index in [9.17, 15) is 57.6 Å². The molecular formula is C112H190I2N7O24P5. The summed E-state index contributed by atoms with van der Waals surface area (Å²) in [7, 11) is 9.29. The summed E-state index contributed by atoms with van der Waals surface area (Å²) >= 11 is 0. The van der Waals surface area contributed by atoms with Gasteiger partial charge in [-0.15, -0.1) is 0 Å². The molecule has 0 bridgehead atoms. The normalized spacial score (nSPS) is 14.3. The quantitative estimate of drug-likeness (QED) is 0.00805. The average Bonchev–Trinajstić information content (AvgIpc) is 0.806. The molecule has 0 saturated heterocycles. The highest BCUT2D eigenvalue weighted by Gasteiger charge is 2.42. The molecular weight excluding hydrogens is 2240 g/mol. The number of quaternary nitrogens is 2. The van der Waals surface area contributed by atoms with E-state index < -0.39 is 80.4 Å². The van der Waals surface area contributed by atoms with Crippen LogP contribution in [0.3, 0.4) is 0 Å². The molecule has 9 N–H and O–H groups in total. The lowest BCUT2D eigenvalue weighted by Gasteiger charge is -2.38. The summed E-state index contributed by atoms with van der Waals surface area (Å²) < 4.78 is 117. The van der Waals surface area contributed by atoms with Gasteiger partial charge in [0, 0.05) is 135 Å². The first-order chi connectivity index (χ1) is 69.3. The number of halogens is 2. The van der Waals surface area contributed by atoms with Crippen molar-refractivity contribution in [2.75, 3.05) is 144 Å². The molecule has 0 aliphatic heterocycles. The fourth-order valence-electron chi connectivity index (χ4n) is 16.4. The Morgan fingerprint density at radius 1 is 0.300 bits per heavy atom. The fourth-order valence-corrected chi connectivity index (χ4v) is 22.1. The average molecular weight is 2430 g/mol. The van der Waals surface area contributed by atoms with Gasteiger partial charge >= 0.3 is 49.9 Å². The summed E-state index contributed by atoms with van der Waals surface area (Å²) in [5.74, 6) is 1.55. The maximum atomic E-state index is 13.3. The minimum absolute atomic E-state index is 0. The van der Waals surface area contributed by atoms with Gasteiger partial charge in [-0.05, 0) is 112 Å². The van der Waals surface area contributed by atoms with Crippen LogP contribution in [-0.2, 0) is 133 Å². The van der Waals surface area contributed by atoms with E-state index in [2.05, 4.69) is 157 Å². The number of aliphatic hydroxyl groups excluding tert-OH is 4. The number of nitrogens with two attached hydrogens (primary N) is 2. The molecule has 0 aliphatic rings. The highest BCUT2D eigenvalue weighted by Crippen LogP contribution is 2.51. The number of rotatable bonds is 60. The minimum atomic E-state index is -3.42. The van der Waals surface area contributed by atoms with Crippen LogP contribution in [0.2, 0.25) is 0 Å². The maximum Gasteiger partial charge on any atom is 0.337 e. The monoisotopic (exact) mass is 2430 g/mol. The zero-order valence-electron chi connectivity index (χ0n) is 95.4. The van der Waals surface area contributed by atoms with Crippen LogP contribution in [0, 0.1) is 41.4 Å². The van der Waals surface area contributed by atoms with Gasteiger partial charge in [-0.2, -0.15) is 0 Å². The Labute approximate surface area is 936 Å². The molecule has 0 saturated carbocycles. The zero-order chi connectivity index (χ0) is 112. The SMILES string of the molecule is CC(C)C[C@@H](C(=O)OCc1ccccc1)N(Cc1ccccc1)Cc1ccccc1.CC(C)C[C@H](N)C(=O)O.COP(=O)(CC(=O)[C@H](CC(C)C)N(Cc1ccccc1)Cc1ccccc1)OC.COP(=O)(CC(O)C(CC(C)C)[N+](C)(C)C)OC.COP(=O)(CC(O)[C@@H](N)CC(C)C)OC.COP(=O)(CC(O)[C@H](CC(C)C)N(Cc1ccccc1)Cc1ccccc1)OC.COP(=O)(C[C@H](O)C(CC(C)C)[N+](C)(C)C)OC.[I-].[I-]. The van der Waals surface area contributed by atoms with Crippen molar-refractivity contribution in [1.29, 1.82) is 0 Å². The number of carboxylic acid groups (broad SMARTS) is 1. The number of esters is 1. The third kappa shape index (κ3) is 62.3. The van der Waals surface area contributed by atoms with Crippen LogP contribution in [-0.4, -0.2) is 278 Å². The van der Waals surface area contributed by atoms with Crippen molar-refractivity contribution < 1.29 is 170 Å². The molecule has 0 aliphatic carbocycles. The van der Waals surface area contributed by atoms with Crippen molar-refractivity contribution in [2.45, 2.75) is 254 Å². The van der Waals surface area contributed by atoms with Crippen molar-refractivity contribution in [3.63, 3.8) is 0 Å². The fraction of sp³-hybridized carbons (Fsp3) is 0.598. The standard InChI is InChI=1S/C27H31NO2.C23H34NO4P.C23H32NO4P.2C12H29NO4P.C9H22NO4P.C6H13NO2.2HI/c1-22(2)18-26(27(29)30-21-25-16-10-5-11-17-25)28(19-23-12-6-3-7-13-23)20-24-14-8-4-9-15-24;2*1-19(2)15-22(23(25)18-29(26,27-3)28-4)24(16-20-11-7-5-8-12-20)17-21-13-9-6-10-14-21;2*1-10(2)8-11(13(3,4)5)12(14)9-18(15,16-6)17-7;1-7(2)5-8(10)9(11)6-15(12,13-3)14-4;1-4(2)3-5(7)6(8)9;;/h3-17,22,26H,18-21H2,1-2H3;5-14,19,22-23,25H,15-18H2,1-4H3;5-14,19,22H,15-18H2,1-4H3;2*10-12,14H,8-9H2,1-7H3;7-9,11H,5-6,10H2,1-4H3;4-5H,3,7H2,1-2H3,(H,8,9);2*1H/q;;;2*+1;;;;/p-2/t26-;22-,23?;22-;11?,12-;;8-,9?;5-;;/m0000.00../s1. The number of carbonyl (C=O) groups excluding carboxylic acids is 2. The van der Waals surface area contributed by atoms with Crippen LogP contribution in [0.5, 0.6) is 0 Å². The molecule has 0 spiro atoms. The molecule has 0 radical (unpaired) electrons. The van der Waals surface area contributed by atoms with Crippen LogP contribution in [0.25, 0.3) is 0 Å². The molecule has 150 heavy (non-hydrogen) atoms. The van der Waals surface area contributed by atoms with Crippen molar-refractivity contribution >= 4 is 55.7 Å². The van der Waals surface area contributed by atoms with Crippen molar-refractivity contribution in [3.8, 4) is 0 Å². The first kappa shape index (κ1) is 147. The molecule has 0 heterocycles. The molecule has 0 fully saturated rings. The molecule has 38 heteroatoms. The molecule has 7 rings (SSSR count). The number of ether oxygens (including phenoxy) is 1. The van der Waals surface area contributed by atoms with Crippen LogP contribution in [0.4, 0.5) is 0 Å². The third-order valence-electron chi connectivity index (χ3n) is 24.5. The van der Waals surface area contributed by atoms with Crippen LogP contribution in [0.15, 0.2) is 212 Å². The van der Waals surface area contributed by atoms with Crippen LogP contribution in [0.1, 0.15) is 181 Å². The molecule has 11 atom stereocenters. The Morgan fingerprint density at radius 2 is 0.527 bits per heavy atom. The van der Waals surface area contributed by atoms with E-state index in [1.54, 1.807) is 0 Å². The maximum absolute atomic E-state index is 13.3. The van der Waals surface area contributed by atoms with Gasteiger partial charge in [0.25, 0.3) is 0 Å². The lowest BCUT2D eigenvalue weighted by molar-refractivity contribution is -0.900. The van der Waals surface area contributed by atoms with Gasteiger partial charge in [0.1, 0.15) is 49.1 Å². The van der Waals surface area contributed by atoms with Gasteiger partial charge in [-0.1, -0.05) is 309 Å². The lowest BCUT2D eigenvalue weighted by atomic mass is 9.97. The second-order valence-corrected chi connectivity index (χ2v) is 53.7. The van der Waals surface area contributed by atoms with Crippen molar-refractivity contribution in [3.05, 3.63) is 251 Å². The summed E-state index contributed by atoms with van der Waals surface area (Å²) in [6.45, 7) is 33.5. The Morgan fingerprint density at radius 3 is 0.760 bits per heavy atom. The van der Waals surface area contributed by atoms with E-state index in [1.807, 2.05) is 210 Å². The molecule has 856 valence electrons. The summed E-state index contributed by atoms with van der Waals surface area (Å²) in [5, 5.41) is 49.8. The highest BCUT2D eigenvalue weighted by atomic mass is 127. The number of carbonyl (C=O) groups is 3. The Kier molecular flexibility index (Phi) is 75.8. The molecule has 7 aromatic carbocycles. The van der Waals surface area contributed by atoms with E-state index >= 15 is 0 Å². The summed E-state index contributed by atoms with van der Waals surface area (Å²) in [6.07, 6.45) is 1.78. The molecule has 5 unspecified atom stereocenters. The first-order valence-corrected chi connectivity index (χ1v) is 59.8. The van der Waals surface area contributed by atoms with E-state index in [0.717, 1.165) is 42.4 Å². The second kappa shape index (κ2) is 77.4. The summed E-state index contributed by atoms with van der Waals surface area (Å²) in [5.41, 5.74) is 19.0. The van der Waals surface area contributed by atoms with Gasteiger partial charge in [-0.3, -0.25) is 51.9 Å². The molecule has 0 amide bonds. The lowest BCUT2D eigenvalue weighted by Crippen LogP contribution is -3.00. The first-order valence-electron chi connectivity index (χ1n) is 51.1. The van der Waals surface area contributed by atoms with E-state index in [-0.39, 0.29) is 121 Å². The summed E-state index contributed by atoms with van der Waals surface area (Å²) in [6, 6.07) is 69.2. The largest absolute Gasteiger partial charge is 1.00 e. The number of aliphatic hydroxyl groups is 4. The second-order valence-electron chi connectivity index (χ2n) is 42.2. The van der Waals surface area contributed by atoms with Gasteiger partial charge < -0.3 is 144 Å². The molecule has 7 aromatic rings. The van der Waals surface area contributed by atoms with Crippen LogP contribution < -0.4 is 59.4 Å². The zero-order valence-corrected chi connectivity index (χ0v) is 104. The predicted octanol–water partition coefficient (Wildman–Crippen LogP) is 15.5. The van der Waals surface area contributed by atoms with Crippen molar-refractivity contribution in [1.82, 2.24) is 14.7 Å². The van der Waals surface area contributed by atoms with Crippen molar-refractivity contribution in [2.24, 2.45) is 52.9 Å². The predicted molar refractivity (Wildman–Crippen MR) is 599 cm³/mol. The number of hydrogen-bond donors (Lipinski definition) is 7. The number of nitrogens with zero attached hydrogens (tertiary/aromatic N) is 5. The van der Waals surface area contributed by atoms with Crippen LogP contribution >= 0.6 is 38.0 Å². The number of likely N-dealkylation sites (N-methyl/N-ethyl adjacent to an activating group) is 2. The molecule has 0 aromatic heterocycles. The van der Waals surface area contributed by atoms with E-state index in [0.29, 0.717) is 116 Å². The number of aliphatic carboxylic acids is 1. The highest BCUT2D eigenvalue weighted by molar-refractivity contribution is 7.55. The van der Waals surface area contributed by atoms with E-state index in [1.165, 1.54) is 93.4 Å². The number of carboxylic acids is 1. The number of ketones is 1. The number of hydrogen-bond acceptors (Lipinski definition) is 28. The topological polar surface area (TPSA) is 401 Å². The summed E-state index contributed by atoms with van der Waals surface area (Å²) in [4.78, 5) is 43.3. The Bertz CT molecular complexity index is 4700. The smallest absolute Gasteiger partial charge is 0.337 e. The minimum Gasteiger partial charge on any atom is -1.00 e. The van der Waals surface area contributed by atoms with E-state index in [4.69, 9.17) is 66.5 Å². The van der Waals surface area contributed by atoms with Gasteiger partial charge in [0.2, 0.25) is 0 Å². The third-order valence-corrected chi connectivity index (χ3v) is 34.0. The number of Topliss-reactive ketones (excluding diaryl/α,β-unsaturated/α-hetero) is 1. The molecule has 31 nitrogen and oxygen atoms in total.